The minimum atomic E-state index is -4.63. The van der Waals surface area contributed by atoms with Gasteiger partial charge in [-0.3, -0.25) is 29.3 Å². The Hall–Kier alpha value is -3.68. The smallest absolute Gasteiger partial charge is 0.416 e. The van der Waals surface area contributed by atoms with Crippen LogP contribution >= 0.6 is 23.2 Å². The zero-order valence-corrected chi connectivity index (χ0v) is 29.1. The van der Waals surface area contributed by atoms with Gasteiger partial charge in [-0.15, -0.1) is 0 Å². The molecule has 0 radical (unpaired) electrons. The van der Waals surface area contributed by atoms with Crippen LogP contribution in [-0.2, 0) is 20.5 Å². The van der Waals surface area contributed by atoms with Crippen molar-refractivity contribution in [2.45, 2.75) is 25.2 Å². The molecular weight excluding hydrogens is 694 g/mol. The molecule has 50 heavy (non-hydrogen) atoms. The number of aliphatic imine (C=N–C) groups is 1. The number of ether oxygens (including phenoxy) is 2. The Kier molecular flexibility index (Phi) is 11.3. The van der Waals surface area contributed by atoms with Crippen molar-refractivity contribution in [1.29, 1.82) is 0 Å². The summed E-state index contributed by atoms with van der Waals surface area (Å²) in [6.45, 7) is 8.59. The van der Waals surface area contributed by atoms with Crippen molar-refractivity contribution < 1.29 is 32.2 Å². The van der Waals surface area contributed by atoms with Gasteiger partial charge in [-0.2, -0.15) is 13.2 Å². The van der Waals surface area contributed by atoms with Crippen molar-refractivity contribution in [3.05, 3.63) is 99.0 Å². The summed E-state index contributed by atoms with van der Waals surface area (Å²) < 4.78 is 52.6. The topological polar surface area (TPSA) is 77.9 Å². The van der Waals surface area contributed by atoms with E-state index in [9.17, 15) is 22.8 Å². The average Bonchev–Trinajstić information content (AvgIpc) is 3.51. The molecule has 3 aromatic carbocycles. The van der Waals surface area contributed by atoms with E-state index in [0.717, 1.165) is 51.5 Å². The molecule has 2 amide bonds. The third-order valence-electron chi connectivity index (χ3n) is 9.24. The SMILES string of the molecule is CCOc1cc(C(F)(F)F)ccc1C1=NC(c2ccc(Cl)cc2)C(c2ccc(Cl)cc2)N1C(=O)C(=O)N1CCN(CCN2CCOCC2)CC1. The molecule has 2 unspecified atom stereocenters. The number of hydrogen-bond donors (Lipinski definition) is 0. The Labute approximate surface area is 299 Å². The van der Waals surface area contributed by atoms with Gasteiger partial charge < -0.3 is 14.4 Å². The first-order chi connectivity index (χ1) is 24.0. The molecule has 3 heterocycles. The fourth-order valence-electron chi connectivity index (χ4n) is 6.55. The van der Waals surface area contributed by atoms with Crippen molar-refractivity contribution in [2.24, 2.45) is 4.99 Å². The Bertz CT molecular complexity index is 1690. The van der Waals surface area contributed by atoms with Crippen molar-refractivity contribution in [1.82, 2.24) is 19.6 Å². The highest BCUT2D eigenvalue weighted by Gasteiger charge is 2.46. The molecule has 0 spiro atoms. The van der Waals surface area contributed by atoms with Gasteiger partial charge >= 0.3 is 18.0 Å². The number of benzene rings is 3. The summed E-state index contributed by atoms with van der Waals surface area (Å²) in [5.41, 5.74) is 0.567. The Morgan fingerprint density at radius 1 is 0.820 bits per heavy atom. The maximum Gasteiger partial charge on any atom is 0.416 e. The van der Waals surface area contributed by atoms with Crippen LogP contribution in [0.25, 0.3) is 0 Å². The van der Waals surface area contributed by atoms with Crippen LogP contribution in [0.15, 0.2) is 71.7 Å². The van der Waals surface area contributed by atoms with Gasteiger partial charge in [0.05, 0.1) is 37.0 Å². The minimum Gasteiger partial charge on any atom is -0.493 e. The van der Waals surface area contributed by atoms with Gasteiger partial charge in [-0.25, -0.2) is 0 Å². The van der Waals surface area contributed by atoms with Crippen LogP contribution < -0.4 is 4.74 Å². The van der Waals surface area contributed by atoms with Gasteiger partial charge in [0.15, 0.2) is 0 Å². The van der Waals surface area contributed by atoms with E-state index in [2.05, 4.69) is 9.80 Å². The van der Waals surface area contributed by atoms with Crippen LogP contribution in [0.1, 0.15) is 41.3 Å². The van der Waals surface area contributed by atoms with Crippen LogP contribution in [-0.4, -0.2) is 109 Å². The summed E-state index contributed by atoms with van der Waals surface area (Å²) in [7, 11) is 0. The first-order valence-corrected chi connectivity index (χ1v) is 17.4. The third kappa shape index (κ3) is 8.10. The van der Waals surface area contributed by atoms with Crippen LogP contribution in [0.5, 0.6) is 5.75 Å². The number of carbonyl (C=O) groups is 2. The van der Waals surface area contributed by atoms with E-state index >= 15 is 0 Å². The number of alkyl halides is 3. The van der Waals surface area contributed by atoms with Crippen molar-refractivity contribution in [3.63, 3.8) is 0 Å². The summed E-state index contributed by atoms with van der Waals surface area (Å²) in [4.78, 5) is 41.1. The lowest BCUT2D eigenvalue weighted by Gasteiger charge is -2.37. The Balaban J connectivity index is 1.35. The number of amidine groups is 1. The summed E-state index contributed by atoms with van der Waals surface area (Å²) in [5.74, 6) is -1.63. The monoisotopic (exact) mass is 731 g/mol. The number of morpholine rings is 1. The number of hydrogen-bond acceptors (Lipinski definition) is 7. The molecule has 0 bridgehead atoms. The molecule has 3 aliphatic rings. The number of amides is 2. The molecule has 14 heteroatoms. The van der Waals surface area contributed by atoms with E-state index in [1.165, 1.54) is 15.9 Å². The average molecular weight is 733 g/mol. The molecule has 3 aromatic rings. The minimum absolute atomic E-state index is 0.0320. The molecule has 3 aliphatic heterocycles. The summed E-state index contributed by atoms with van der Waals surface area (Å²) >= 11 is 12.5. The lowest BCUT2D eigenvalue weighted by Crippen LogP contribution is -2.55. The first-order valence-electron chi connectivity index (χ1n) is 16.6. The van der Waals surface area contributed by atoms with Gasteiger partial charge in [0.2, 0.25) is 0 Å². The highest BCUT2D eigenvalue weighted by atomic mass is 35.5. The molecule has 2 saturated heterocycles. The first kappa shape index (κ1) is 36.1. The van der Waals surface area contributed by atoms with Gasteiger partial charge in [-0.1, -0.05) is 47.5 Å². The second-order valence-electron chi connectivity index (χ2n) is 12.4. The fourth-order valence-corrected chi connectivity index (χ4v) is 6.80. The van der Waals surface area contributed by atoms with E-state index in [4.69, 9.17) is 37.7 Å². The molecule has 0 saturated carbocycles. The van der Waals surface area contributed by atoms with Crippen LogP contribution in [0.2, 0.25) is 10.0 Å². The lowest BCUT2D eigenvalue weighted by atomic mass is 9.93. The maximum absolute atomic E-state index is 14.6. The van der Waals surface area contributed by atoms with Crippen LogP contribution in [0.3, 0.4) is 0 Å². The number of rotatable bonds is 8. The zero-order chi connectivity index (χ0) is 35.4. The molecule has 0 aromatic heterocycles. The standard InChI is InChI=1S/C36H38Cl2F3N5O4/c1-2-50-30-23-26(36(39,40)41)7-12-29(30)33-42-31(24-3-8-27(37)9-4-24)32(25-5-10-28(38)11-6-25)46(33)35(48)34(47)45-17-15-43(16-18-45)13-14-44-19-21-49-22-20-44/h3-12,23,31-32H,2,13-22H2,1H3. The molecule has 9 nitrogen and oxygen atoms in total. The predicted octanol–water partition coefficient (Wildman–Crippen LogP) is 5.96. The largest absolute Gasteiger partial charge is 0.493 e. The van der Waals surface area contributed by atoms with Crippen molar-refractivity contribution in [2.75, 3.05) is 72.2 Å². The van der Waals surface area contributed by atoms with Crippen molar-refractivity contribution in [3.8, 4) is 5.75 Å². The van der Waals surface area contributed by atoms with E-state index in [-0.39, 0.29) is 23.8 Å². The van der Waals surface area contributed by atoms with Gasteiger partial charge in [0.1, 0.15) is 17.6 Å². The van der Waals surface area contributed by atoms with Gasteiger partial charge in [0, 0.05) is 62.4 Å². The predicted molar refractivity (Wildman–Crippen MR) is 185 cm³/mol. The summed E-state index contributed by atoms with van der Waals surface area (Å²) in [6, 6.07) is 15.3. The maximum atomic E-state index is 14.6. The number of halogens is 5. The van der Waals surface area contributed by atoms with Crippen molar-refractivity contribution >= 4 is 40.9 Å². The van der Waals surface area contributed by atoms with E-state index in [0.29, 0.717) is 47.4 Å². The molecular formula is C36H38Cl2F3N5O4. The second-order valence-corrected chi connectivity index (χ2v) is 13.2. The Morgan fingerprint density at radius 3 is 1.98 bits per heavy atom. The van der Waals surface area contributed by atoms with Crippen LogP contribution in [0.4, 0.5) is 13.2 Å². The van der Waals surface area contributed by atoms with E-state index < -0.39 is 35.6 Å². The quantitative estimate of drug-likeness (QED) is 0.267. The zero-order valence-electron chi connectivity index (χ0n) is 27.5. The highest BCUT2D eigenvalue weighted by molar-refractivity contribution is 6.39. The summed E-state index contributed by atoms with van der Waals surface area (Å²) in [5, 5.41) is 0.963. The molecule has 0 N–H and O–H groups in total. The van der Waals surface area contributed by atoms with Crippen LogP contribution in [0, 0.1) is 0 Å². The van der Waals surface area contributed by atoms with E-state index in [1.54, 1.807) is 55.5 Å². The fraction of sp³-hybridized carbons (Fsp3) is 0.417. The molecule has 266 valence electrons. The number of carbonyl (C=O) groups excluding carboxylic acids is 2. The molecule has 0 aliphatic carbocycles. The molecule has 6 rings (SSSR count). The summed E-state index contributed by atoms with van der Waals surface area (Å²) in [6.07, 6.45) is -4.63. The third-order valence-corrected chi connectivity index (χ3v) is 9.74. The lowest BCUT2D eigenvalue weighted by molar-refractivity contribution is -0.151. The molecule has 2 fully saturated rings. The Morgan fingerprint density at radius 2 is 1.40 bits per heavy atom. The highest BCUT2D eigenvalue weighted by Crippen LogP contribution is 2.46. The second kappa shape index (κ2) is 15.7. The molecule has 2 atom stereocenters. The normalized spacial score (nSPS) is 20.6. The van der Waals surface area contributed by atoms with E-state index in [1.807, 2.05) is 0 Å². The van der Waals surface area contributed by atoms with Gasteiger partial charge in [0.25, 0.3) is 0 Å². The number of piperazine rings is 1. The number of nitrogens with zero attached hydrogens (tertiary/aromatic N) is 5. The van der Waals surface area contributed by atoms with Gasteiger partial charge in [-0.05, 0) is 60.5 Å².